The molecule has 1 aromatic heterocycles. The Kier molecular flexibility index (Phi) is 4.98. The highest BCUT2D eigenvalue weighted by Crippen LogP contribution is 2.32. The molecule has 3 aromatic rings. The molecule has 0 aliphatic carbocycles. The summed E-state index contributed by atoms with van der Waals surface area (Å²) in [6.45, 7) is 0.185. The topological polar surface area (TPSA) is 110 Å². The van der Waals surface area contributed by atoms with Crippen molar-refractivity contribution in [1.29, 1.82) is 0 Å². The Labute approximate surface area is 165 Å². The van der Waals surface area contributed by atoms with E-state index in [1.807, 2.05) is 0 Å². The van der Waals surface area contributed by atoms with Crippen LogP contribution < -0.4 is 14.9 Å². The monoisotopic (exact) mass is 392 g/mol. The molecule has 0 atom stereocenters. The summed E-state index contributed by atoms with van der Waals surface area (Å²) in [7, 11) is 0. The van der Waals surface area contributed by atoms with Crippen molar-refractivity contribution in [2.45, 2.75) is 6.42 Å². The smallest absolute Gasteiger partial charge is 0.335 e. The van der Waals surface area contributed by atoms with Gasteiger partial charge in [0.15, 0.2) is 11.5 Å². The normalized spacial score (nSPS) is 12.3. The SMILES string of the molecule is O=C(Cc1ccc2c(c1)OCO2)NN=Cc1ccc(-c2ccc(C(=O)O)cc2)o1. The Morgan fingerprint density at radius 2 is 1.83 bits per heavy atom. The molecule has 2 N–H and O–H groups in total. The maximum Gasteiger partial charge on any atom is 0.335 e. The lowest BCUT2D eigenvalue weighted by molar-refractivity contribution is -0.120. The number of carbonyl (C=O) groups is 2. The largest absolute Gasteiger partial charge is 0.478 e. The number of carboxylic acid groups (broad SMARTS) is 1. The summed E-state index contributed by atoms with van der Waals surface area (Å²) in [4.78, 5) is 22.9. The van der Waals surface area contributed by atoms with Gasteiger partial charge in [-0.3, -0.25) is 4.79 Å². The van der Waals surface area contributed by atoms with E-state index in [9.17, 15) is 9.59 Å². The van der Waals surface area contributed by atoms with Gasteiger partial charge in [0.25, 0.3) is 0 Å². The predicted octanol–water partition coefficient (Wildman–Crippen LogP) is 3.07. The highest BCUT2D eigenvalue weighted by atomic mass is 16.7. The van der Waals surface area contributed by atoms with E-state index in [0.29, 0.717) is 23.0 Å². The lowest BCUT2D eigenvalue weighted by Crippen LogP contribution is -2.19. The van der Waals surface area contributed by atoms with Crippen LogP contribution in [-0.2, 0) is 11.2 Å². The van der Waals surface area contributed by atoms with Crippen molar-refractivity contribution in [3.63, 3.8) is 0 Å². The van der Waals surface area contributed by atoms with Gasteiger partial charge >= 0.3 is 5.97 Å². The molecule has 1 aliphatic heterocycles. The molecule has 0 saturated carbocycles. The van der Waals surface area contributed by atoms with Crippen LogP contribution in [0.2, 0.25) is 0 Å². The number of furan rings is 1. The maximum atomic E-state index is 12.0. The number of ether oxygens (including phenoxy) is 2. The first-order valence-corrected chi connectivity index (χ1v) is 8.72. The van der Waals surface area contributed by atoms with Gasteiger partial charge in [0, 0.05) is 5.56 Å². The van der Waals surface area contributed by atoms with E-state index >= 15 is 0 Å². The third kappa shape index (κ3) is 4.27. The number of hydrogen-bond donors (Lipinski definition) is 2. The van der Waals surface area contributed by atoms with Crippen molar-refractivity contribution in [2.24, 2.45) is 5.10 Å². The number of aromatic carboxylic acids is 1. The van der Waals surface area contributed by atoms with Crippen LogP contribution in [0.3, 0.4) is 0 Å². The first kappa shape index (κ1) is 18.3. The number of amides is 1. The van der Waals surface area contributed by atoms with Gasteiger partial charge in [-0.1, -0.05) is 18.2 Å². The van der Waals surface area contributed by atoms with Crippen LogP contribution in [0.5, 0.6) is 11.5 Å². The highest BCUT2D eigenvalue weighted by Gasteiger charge is 2.14. The molecule has 0 spiro atoms. The minimum Gasteiger partial charge on any atom is -0.478 e. The summed E-state index contributed by atoms with van der Waals surface area (Å²) in [5.41, 5.74) is 4.17. The molecular weight excluding hydrogens is 376 g/mol. The lowest BCUT2D eigenvalue weighted by atomic mass is 10.1. The number of fused-ring (bicyclic) bond motifs is 1. The van der Waals surface area contributed by atoms with E-state index in [1.165, 1.54) is 18.3 Å². The molecule has 2 heterocycles. The molecule has 2 aromatic carbocycles. The van der Waals surface area contributed by atoms with E-state index in [0.717, 1.165) is 11.1 Å². The van der Waals surface area contributed by atoms with E-state index in [1.54, 1.807) is 42.5 Å². The number of carboxylic acids is 1. The van der Waals surface area contributed by atoms with E-state index in [-0.39, 0.29) is 24.7 Å². The van der Waals surface area contributed by atoms with Crippen LogP contribution in [0.4, 0.5) is 0 Å². The number of nitrogens with one attached hydrogen (secondary N) is 1. The van der Waals surface area contributed by atoms with Crippen molar-refractivity contribution < 1.29 is 28.6 Å². The molecule has 146 valence electrons. The van der Waals surface area contributed by atoms with Gasteiger partial charge in [-0.25, -0.2) is 10.2 Å². The molecule has 0 radical (unpaired) electrons. The number of hydrazone groups is 1. The fourth-order valence-corrected chi connectivity index (χ4v) is 2.80. The molecule has 1 amide bonds. The molecule has 0 unspecified atom stereocenters. The van der Waals surface area contributed by atoms with Crippen LogP contribution in [0.15, 0.2) is 64.1 Å². The molecule has 4 rings (SSSR count). The maximum absolute atomic E-state index is 12.0. The molecule has 0 saturated heterocycles. The molecule has 0 fully saturated rings. The van der Waals surface area contributed by atoms with Crippen LogP contribution in [0, 0.1) is 0 Å². The summed E-state index contributed by atoms with van der Waals surface area (Å²) in [5.74, 6) is 1.04. The zero-order valence-corrected chi connectivity index (χ0v) is 15.1. The van der Waals surface area contributed by atoms with Crippen molar-refractivity contribution in [1.82, 2.24) is 5.43 Å². The van der Waals surface area contributed by atoms with E-state index < -0.39 is 5.97 Å². The molecular formula is C21H16N2O6. The van der Waals surface area contributed by atoms with Crippen LogP contribution >= 0.6 is 0 Å². The second kappa shape index (κ2) is 7.89. The summed E-state index contributed by atoms with van der Waals surface area (Å²) in [6.07, 6.45) is 1.54. The minimum absolute atomic E-state index is 0.146. The number of hydrogen-bond acceptors (Lipinski definition) is 6. The highest BCUT2D eigenvalue weighted by molar-refractivity contribution is 5.88. The van der Waals surface area contributed by atoms with E-state index in [4.69, 9.17) is 19.0 Å². The van der Waals surface area contributed by atoms with E-state index in [2.05, 4.69) is 10.5 Å². The first-order valence-electron chi connectivity index (χ1n) is 8.72. The first-order chi connectivity index (χ1) is 14.1. The molecule has 8 nitrogen and oxygen atoms in total. The van der Waals surface area contributed by atoms with Gasteiger partial charge in [-0.15, -0.1) is 0 Å². The Morgan fingerprint density at radius 1 is 1.03 bits per heavy atom. The van der Waals surface area contributed by atoms with Crippen molar-refractivity contribution in [2.75, 3.05) is 6.79 Å². The average molecular weight is 392 g/mol. The molecule has 1 aliphatic rings. The standard InChI is InChI=1S/C21H16N2O6/c24-20(10-13-1-7-18-19(9-13)28-12-27-18)23-22-11-16-6-8-17(29-16)14-2-4-15(5-3-14)21(25)26/h1-9,11H,10,12H2,(H,23,24)(H,25,26). The Hall–Kier alpha value is -4.07. The Bertz CT molecular complexity index is 1080. The average Bonchev–Trinajstić information content (AvgIpc) is 3.37. The zero-order chi connectivity index (χ0) is 20.2. The fourth-order valence-electron chi connectivity index (χ4n) is 2.80. The Morgan fingerprint density at radius 3 is 2.62 bits per heavy atom. The van der Waals surface area contributed by atoms with Gasteiger partial charge in [-0.05, 0) is 42.0 Å². The Balaban J connectivity index is 1.33. The van der Waals surface area contributed by atoms with Crippen molar-refractivity contribution >= 4 is 18.1 Å². The fraction of sp³-hybridized carbons (Fsp3) is 0.0952. The van der Waals surface area contributed by atoms with Crippen LogP contribution in [-0.4, -0.2) is 30.0 Å². The quantitative estimate of drug-likeness (QED) is 0.493. The molecule has 8 heteroatoms. The second-order valence-electron chi connectivity index (χ2n) is 6.24. The van der Waals surface area contributed by atoms with Gasteiger partial charge in [0.2, 0.25) is 12.7 Å². The summed E-state index contributed by atoms with van der Waals surface area (Å²) in [5, 5.41) is 12.8. The summed E-state index contributed by atoms with van der Waals surface area (Å²) >= 11 is 0. The molecule has 0 bridgehead atoms. The molecule has 29 heavy (non-hydrogen) atoms. The van der Waals surface area contributed by atoms with Crippen LogP contribution in [0.1, 0.15) is 21.7 Å². The lowest BCUT2D eigenvalue weighted by Gasteiger charge is -2.02. The third-order valence-electron chi connectivity index (χ3n) is 4.23. The van der Waals surface area contributed by atoms with Crippen molar-refractivity contribution in [3.05, 3.63) is 71.5 Å². The zero-order valence-electron chi connectivity index (χ0n) is 15.1. The number of nitrogens with zero attached hydrogens (tertiary/aromatic N) is 1. The summed E-state index contributed by atoms with van der Waals surface area (Å²) < 4.78 is 16.2. The minimum atomic E-state index is -0.986. The summed E-state index contributed by atoms with van der Waals surface area (Å²) in [6, 6.07) is 15.1. The number of benzene rings is 2. The number of carbonyl (C=O) groups excluding carboxylic acids is 1. The third-order valence-corrected chi connectivity index (χ3v) is 4.23. The second-order valence-corrected chi connectivity index (χ2v) is 6.24. The predicted molar refractivity (Wildman–Crippen MR) is 103 cm³/mol. The van der Waals surface area contributed by atoms with Gasteiger partial charge in [-0.2, -0.15) is 5.10 Å². The van der Waals surface area contributed by atoms with Crippen LogP contribution in [0.25, 0.3) is 11.3 Å². The van der Waals surface area contributed by atoms with Gasteiger partial charge in [0.05, 0.1) is 18.2 Å². The number of rotatable bonds is 6. The van der Waals surface area contributed by atoms with Gasteiger partial charge < -0.3 is 19.0 Å². The van der Waals surface area contributed by atoms with Crippen molar-refractivity contribution in [3.8, 4) is 22.8 Å². The van der Waals surface area contributed by atoms with Gasteiger partial charge in [0.1, 0.15) is 11.5 Å².